The molecule has 0 aliphatic carbocycles. The van der Waals surface area contributed by atoms with Crippen molar-refractivity contribution in [1.29, 1.82) is 0 Å². The molecule has 0 aromatic carbocycles. The summed E-state index contributed by atoms with van der Waals surface area (Å²) in [6.45, 7) is 1.16. The lowest BCUT2D eigenvalue weighted by Crippen LogP contribution is -2.47. The van der Waals surface area contributed by atoms with E-state index in [4.69, 9.17) is 12.2 Å². The predicted molar refractivity (Wildman–Crippen MR) is 53.2 cm³/mol. The SMILES string of the molecule is C#CCC(N)C(=O)N1CCC(O)CC1. The summed E-state index contributed by atoms with van der Waals surface area (Å²) in [7, 11) is 0. The summed E-state index contributed by atoms with van der Waals surface area (Å²) >= 11 is 0. The van der Waals surface area contributed by atoms with Crippen LogP contribution in [0, 0.1) is 12.3 Å². The van der Waals surface area contributed by atoms with E-state index in [-0.39, 0.29) is 18.4 Å². The molecule has 1 fully saturated rings. The highest BCUT2D eigenvalue weighted by atomic mass is 16.3. The summed E-state index contributed by atoms with van der Waals surface area (Å²) in [5.74, 6) is 2.27. The van der Waals surface area contributed by atoms with Crippen LogP contribution in [0.5, 0.6) is 0 Å². The first kappa shape index (κ1) is 11.0. The summed E-state index contributed by atoms with van der Waals surface area (Å²) in [4.78, 5) is 13.3. The molecule has 1 atom stereocenters. The fraction of sp³-hybridized carbons (Fsp3) is 0.700. The minimum Gasteiger partial charge on any atom is -0.393 e. The first-order chi connectivity index (χ1) is 6.65. The van der Waals surface area contributed by atoms with Gasteiger partial charge in [0, 0.05) is 19.5 Å². The lowest BCUT2D eigenvalue weighted by molar-refractivity contribution is -0.134. The van der Waals surface area contributed by atoms with Crippen molar-refractivity contribution in [2.24, 2.45) is 5.73 Å². The van der Waals surface area contributed by atoms with Crippen LogP contribution in [0.1, 0.15) is 19.3 Å². The molecule has 3 N–H and O–H groups in total. The average molecular weight is 196 g/mol. The maximum atomic E-state index is 11.6. The number of terminal acetylenes is 1. The monoisotopic (exact) mass is 196 g/mol. The summed E-state index contributed by atoms with van der Waals surface area (Å²) in [6, 6.07) is -0.588. The molecule has 0 spiro atoms. The van der Waals surface area contributed by atoms with Crippen LogP contribution in [0.25, 0.3) is 0 Å². The van der Waals surface area contributed by atoms with Crippen LogP contribution in [-0.2, 0) is 4.79 Å². The predicted octanol–water partition coefficient (Wildman–Crippen LogP) is -0.680. The second kappa shape index (κ2) is 4.99. The number of nitrogens with zero attached hydrogens (tertiary/aromatic N) is 1. The third kappa shape index (κ3) is 2.72. The molecule has 1 heterocycles. The molecular weight excluding hydrogens is 180 g/mol. The van der Waals surface area contributed by atoms with Crippen LogP contribution in [0.2, 0.25) is 0 Å². The zero-order valence-corrected chi connectivity index (χ0v) is 8.15. The van der Waals surface area contributed by atoms with Crippen molar-refractivity contribution in [2.45, 2.75) is 31.4 Å². The van der Waals surface area contributed by atoms with Gasteiger partial charge in [0.15, 0.2) is 0 Å². The van der Waals surface area contributed by atoms with Crippen molar-refractivity contribution in [3.63, 3.8) is 0 Å². The number of hydrogen-bond acceptors (Lipinski definition) is 3. The normalized spacial score (nSPS) is 20.2. The number of likely N-dealkylation sites (tertiary alicyclic amines) is 1. The molecule has 0 aromatic heterocycles. The minimum absolute atomic E-state index is 0.102. The van der Waals surface area contributed by atoms with Gasteiger partial charge in [-0.1, -0.05) is 0 Å². The summed E-state index contributed by atoms with van der Waals surface area (Å²) < 4.78 is 0. The zero-order chi connectivity index (χ0) is 10.6. The third-order valence-electron chi connectivity index (χ3n) is 2.43. The van der Waals surface area contributed by atoms with E-state index < -0.39 is 6.04 Å². The number of piperidine rings is 1. The molecule has 1 unspecified atom stereocenters. The fourth-order valence-electron chi connectivity index (χ4n) is 1.54. The van der Waals surface area contributed by atoms with Crippen molar-refractivity contribution in [3.05, 3.63) is 0 Å². The molecule has 0 radical (unpaired) electrons. The van der Waals surface area contributed by atoms with E-state index in [9.17, 15) is 9.90 Å². The molecule has 0 bridgehead atoms. The van der Waals surface area contributed by atoms with Gasteiger partial charge in [0.2, 0.25) is 5.91 Å². The Morgan fingerprint density at radius 1 is 1.64 bits per heavy atom. The van der Waals surface area contributed by atoms with Crippen LogP contribution >= 0.6 is 0 Å². The van der Waals surface area contributed by atoms with E-state index in [1.807, 2.05) is 0 Å². The Morgan fingerprint density at radius 3 is 2.71 bits per heavy atom. The van der Waals surface area contributed by atoms with Gasteiger partial charge in [-0.25, -0.2) is 0 Å². The van der Waals surface area contributed by atoms with Gasteiger partial charge in [-0.2, -0.15) is 0 Å². The molecule has 4 nitrogen and oxygen atoms in total. The molecule has 1 aliphatic rings. The van der Waals surface area contributed by atoms with Crippen LogP contribution in [0.4, 0.5) is 0 Å². The van der Waals surface area contributed by atoms with Crippen molar-refractivity contribution in [2.75, 3.05) is 13.1 Å². The lowest BCUT2D eigenvalue weighted by Gasteiger charge is -2.31. The number of aliphatic hydroxyl groups excluding tert-OH is 1. The Morgan fingerprint density at radius 2 is 2.21 bits per heavy atom. The molecule has 0 saturated carbocycles. The summed E-state index contributed by atoms with van der Waals surface area (Å²) in [5, 5.41) is 9.25. The van der Waals surface area contributed by atoms with Crippen molar-refractivity contribution < 1.29 is 9.90 Å². The van der Waals surface area contributed by atoms with Gasteiger partial charge in [-0.15, -0.1) is 12.3 Å². The number of amides is 1. The van der Waals surface area contributed by atoms with Gasteiger partial charge in [0.1, 0.15) is 0 Å². The third-order valence-corrected chi connectivity index (χ3v) is 2.43. The minimum atomic E-state index is -0.588. The van der Waals surface area contributed by atoms with Gasteiger partial charge in [-0.05, 0) is 12.8 Å². The van der Waals surface area contributed by atoms with Crippen molar-refractivity contribution in [1.82, 2.24) is 4.90 Å². The van der Waals surface area contributed by atoms with E-state index in [1.54, 1.807) is 4.90 Å². The summed E-state index contributed by atoms with van der Waals surface area (Å²) in [5.41, 5.74) is 5.60. The number of carbonyl (C=O) groups excluding carboxylic acids is 1. The highest BCUT2D eigenvalue weighted by molar-refractivity contribution is 5.82. The largest absolute Gasteiger partial charge is 0.393 e. The maximum absolute atomic E-state index is 11.6. The Labute approximate surface area is 84.1 Å². The van der Waals surface area contributed by atoms with Gasteiger partial charge < -0.3 is 15.7 Å². The van der Waals surface area contributed by atoms with Crippen molar-refractivity contribution in [3.8, 4) is 12.3 Å². The number of hydrogen-bond donors (Lipinski definition) is 2. The standard InChI is InChI=1S/C10H16N2O2/c1-2-3-9(11)10(14)12-6-4-8(13)5-7-12/h1,8-9,13H,3-7,11H2. The van der Waals surface area contributed by atoms with Crippen LogP contribution in [-0.4, -0.2) is 41.1 Å². The molecule has 14 heavy (non-hydrogen) atoms. The number of nitrogens with two attached hydrogens (primary N) is 1. The highest BCUT2D eigenvalue weighted by Gasteiger charge is 2.24. The molecule has 1 rings (SSSR count). The van der Waals surface area contributed by atoms with Gasteiger partial charge in [0.05, 0.1) is 12.1 Å². The van der Waals surface area contributed by atoms with E-state index in [0.29, 0.717) is 25.9 Å². The molecule has 1 aliphatic heterocycles. The van der Waals surface area contributed by atoms with E-state index in [2.05, 4.69) is 5.92 Å². The molecule has 78 valence electrons. The first-order valence-corrected chi connectivity index (χ1v) is 4.81. The van der Waals surface area contributed by atoms with Crippen molar-refractivity contribution >= 4 is 5.91 Å². The summed E-state index contributed by atoms with van der Waals surface area (Å²) in [6.07, 6.45) is 6.35. The van der Waals surface area contributed by atoms with Crippen LogP contribution in [0.15, 0.2) is 0 Å². The second-order valence-corrected chi connectivity index (χ2v) is 3.57. The zero-order valence-electron chi connectivity index (χ0n) is 8.15. The van der Waals surface area contributed by atoms with E-state index >= 15 is 0 Å². The number of aliphatic hydroxyl groups is 1. The van der Waals surface area contributed by atoms with E-state index in [0.717, 1.165) is 0 Å². The molecule has 1 amide bonds. The second-order valence-electron chi connectivity index (χ2n) is 3.57. The molecular formula is C10H16N2O2. The molecule has 1 saturated heterocycles. The number of rotatable bonds is 2. The lowest BCUT2D eigenvalue weighted by atomic mass is 10.1. The van der Waals surface area contributed by atoms with E-state index in [1.165, 1.54) is 0 Å². The van der Waals surface area contributed by atoms with Crippen LogP contribution in [0.3, 0.4) is 0 Å². The average Bonchev–Trinajstić information content (AvgIpc) is 2.18. The Bertz CT molecular complexity index is 239. The first-order valence-electron chi connectivity index (χ1n) is 4.81. The van der Waals surface area contributed by atoms with Crippen LogP contribution < -0.4 is 5.73 Å². The molecule has 4 heteroatoms. The quantitative estimate of drug-likeness (QED) is 0.575. The Hall–Kier alpha value is -1.05. The highest BCUT2D eigenvalue weighted by Crippen LogP contribution is 2.11. The number of carbonyl (C=O) groups is 1. The Kier molecular flexibility index (Phi) is 3.93. The maximum Gasteiger partial charge on any atom is 0.240 e. The topological polar surface area (TPSA) is 66.6 Å². The van der Waals surface area contributed by atoms with Gasteiger partial charge >= 0.3 is 0 Å². The van der Waals surface area contributed by atoms with Gasteiger partial charge in [-0.3, -0.25) is 4.79 Å². The molecule has 0 aromatic rings. The Balaban J connectivity index is 2.42. The fourth-order valence-corrected chi connectivity index (χ4v) is 1.54. The smallest absolute Gasteiger partial charge is 0.240 e. The van der Waals surface area contributed by atoms with Gasteiger partial charge in [0.25, 0.3) is 0 Å².